The van der Waals surface area contributed by atoms with E-state index < -0.39 is 0 Å². The van der Waals surface area contributed by atoms with Gasteiger partial charge in [-0.2, -0.15) is 5.10 Å². The lowest BCUT2D eigenvalue weighted by molar-refractivity contribution is 0.0734. The van der Waals surface area contributed by atoms with Crippen molar-refractivity contribution < 1.29 is 4.79 Å². The molecule has 0 aliphatic rings. The van der Waals surface area contributed by atoms with E-state index in [0.717, 1.165) is 18.7 Å². The highest BCUT2D eigenvalue weighted by Crippen LogP contribution is 2.11. The molecule has 0 saturated carbocycles. The molecule has 1 aromatic rings. The highest BCUT2D eigenvalue weighted by Gasteiger charge is 2.20. The molecule has 0 aromatic carbocycles. The second-order valence-corrected chi connectivity index (χ2v) is 5.05. The van der Waals surface area contributed by atoms with Crippen LogP contribution < -0.4 is 5.73 Å². The Kier molecular flexibility index (Phi) is 5.34. The number of aromatic nitrogens is 2. The first-order valence-corrected chi connectivity index (χ1v) is 6.45. The highest BCUT2D eigenvalue weighted by atomic mass is 16.2. The lowest BCUT2D eigenvalue weighted by Gasteiger charge is -2.24. The van der Waals surface area contributed by atoms with E-state index in [0.29, 0.717) is 24.6 Å². The van der Waals surface area contributed by atoms with Gasteiger partial charge in [0.15, 0.2) is 0 Å². The van der Waals surface area contributed by atoms with Crippen molar-refractivity contribution in [3.63, 3.8) is 0 Å². The van der Waals surface area contributed by atoms with Gasteiger partial charge in [-0.05, 0) is 25.8 Å². The summed E-state index contributed by atoms with van der Waals surface area (Å²) in [7, 11) is 1.85. The zero-order valence-electron chi connectivity index (χ0n) is 11.8. The molecule has 0 bridgehead atoms. The fourth-order valence-corrected chi connectivity index (χ4v) is 1.88. The van der Waals surface area contributed by atoms with E-state index in [4.69, 9.17) is 5.73 Å². The van der Waals surface area contributed by atoms with Crippen molar-refractivity contribution in [3.05, 3.63) is 17.5 Å². The van der Waals surface area contributed by atoms with Gasteiger partial charge in [-0.25, -0.2) is 0 Å². The van der Waals surface area contributed by atoms with E-state index in [1.54, 1.807) is 10.9 Å². The maximum atomic E-state index is 12.5. The molecule has 0 saturated heterocycles. The number of amides is 1. The lowest BCUT2D eigenvalue weighted by Crippen LogP contribution is -2.36. The number of carbonyl (C=O) groups is 1. The van der Waals surface area contributed by atoms with Crippen LogP contribution >= 0.6 is 0 Å². The Hall–Kier alpha value is -1.36. The molecule has 18 heavy (non-hydrogen) atoms. The van der Waals surface area contributed by atoms with Crippen LogP contribution in [-0.2, 0) is 7.05 Å². The zero-order chi connectivity index (χ0) is 13.7. The summed E-state index contributed by atoms with van der Waals surface area (Å²) < 4.78 is 1.73. The number of nitrogens with two attached hydrogens (primary N) is 1. The number of nitrogens with zero attached hydrogens (tertiary/aromatic N) is 3. The Labute approximate surface area is 109 Å². The predicted molar refractivity (Wildman–Crippen MR) is 72.4 cm³/mol. The molecule has 102 valence electrons. The predicted octanol–water partition coefficient (Wildman–Crippen LogP) is 1.18. The van der Waals surface area contributed by atoms with Gasteiger partial charge in [0.25, 0.3) is 5.91 Å². The Bertz CT molecular complexity index is 398. The van der Waals surface area contributed by atoms with Crippen LogP contribution in [0.2, 0.25) is 0 Å². The van der Waals surface area contributed by atoms with Crippen LogP contribution in [0.25, 0.3) is 0 Å². The van der Waals surface area contributed by atoms with Crippen molar-refractivity contribution in [2.45, 2.75) is 27.2 Å². The third-order valence-electron chi connectivity index (χ3n) is 2.97. The topological polar surface area (TPSA) is 64.2 Å². The average molecular weight is 252 g/mol. The van der Waals surface area contributed by atoms with Crippen molar-refractivity contribution in [3.8, 4) is 0 Å². The van der Waals surface area contributed by atoms with Gasteiger partial charge in [0.05, 0.1) is 11.8 Å². The lowest BCUT2D eigenvalue weighted by atomic mass is 10.1. The van der Waals surface area contributed by atoms with E-state index >= 15 is 0 Å². The van der Waals surface area contributed by atoms with Crippen molar-refractivity contribution in [1.29, 1.82) is 0 Å². The summed E-state index contributed by atoms with van der Waals surface area (Å²) >= 11 is 0. The van der Waals surface area contributed by atoms with Crippen molar-refractivity contribution in [1.82, 2.24) is 14.7 Å². The molecule has 0 aliphatic carbocycles. The fraction of sp³-hybridized carbons (Fsp3) is 0.692. The van der Waals surface area contributed by atoms with Crippen LogP contribution in [0.3, 0.4) is 0 Å². The number of aryl methyl sites for hydroxylation is 1. The Balaban J connectivity index is 2.84. The Morgan fingerprint density at radius 2 is 2.22 bits per heavy atom. The van der Waals surface area contributed by atoms with Gasteiger partial charge in [-0.15, -0.1) is 0 Å². The molecule has 0 unspecified atom stereocenters. The second kappa shape index (κ2) is 6.54. The molecule has 1 aromatic heterocycles. The third kappa shape index (κ3) is 3.57. The monoisotopic (exact) mass is 252 g/mol. The normalized spacial score (nSPS) is 11.0. The molecule has 5 heteroatoms. The van der Waals surface area contributed by atoms with Gasteiger partial charge in [0, 0.05) is 25.8 Å². The van der Waals surface area contributed by atoms with Crippen molar-refractivity contribution >= 4 is 5.91 Å². The minimum atomic E-state index is 0.0581. The molecule has 0 spiro atoms. The number of hydrogen-bond acceptors (Lipinski definition) is 3. The fourth-order valence-electron chi connectivity index (χ4n) is 1.88. The first kappa shape index (κ1) is 14.7. The second-order valence-electron chi connectivity index (χ2n) is 5.05. The average Bonchev–Trinajstić information content (AvgIpc) is 2.64. The van der Waals surface area contributed by atoms with Crippen LogP contribution in [0.4, 0.5) is 0 Å². The molecule has 0 radical (unpaired) electrons. The molecule has 0 atom stereocenters. The van der Waals surface area contributed by atoms with Crippen LogP contribution in [0.1, 0.15) is 36.3 Å². The molecular formula is C13H24N4O. The molecule has 0 aliphatic heterocycles. The van der Waals surface area contributed by atoms with Gasteiger partial charge in [0.1, 0.15) is 0 Å². The number of rotatable bonds is 6. The summed E-state index contributed by atoms with van der Waals surface area (Å²) in [5.74, 6) is 0.506. The summed E-state index contributed by atoms with van der Waals surface area (Å²) in [5.41, 5.74) is 7.12. The standard InChI is InChI=1S/C13H24N4O/c1-10(2)9-17(7-5-6-14)13(18)12-8-15-16(4)11(12)3/h8,10H,5-7,9,14H2,1-4H3. The minimum Gasteiger partial charge on any atom is -0.338 e. The van der Waals surface area contributed by atoms with Gasteiger partial charge < -0.3 is 10.6 Å². The summed E-state index contributed by atoms with van der Waals surface area (Å²) in [6.07, 6.45) is 2.48. The first-order chi connectivity index (χ1) is 8.47. The SMILES string of the molecule is Cc1c(C(=O)N(CCCN)CC(C)C)cnn1C. The quantitative estimate of drug-likeness (QED) is 0.826. The third-order valence-corrected chi connectivity index (χ3v) is 2.97. The van der Waals surface area contributed by atoms with E-state index in [2.05, 4.69) is 18.9 Å². The molecule has 1 amide bonds. The van der Waals surface area contributed by atoms with Gasteiger partial charge >= 0.3 is 0 Å². The summed E-state index contributed by atoms with van der Waals surface area (Å²) in [5, 5.41) is 4.12. The largest absolute Gasteiger partial charge is 0.338 e. The molecule has 2 N–H and O–H groups in total. The maximum absolute atomic E-state index is 12.5. The van der Waals surface area contributed by atoms with E-state index in [-0.39, 0.29) is 5.91 Å². The van der Waals surface area contributed by atoms with E-state index in [1.165, 1.54) is 0 Å². The van der Waals surface area contributed by atoms with Crippen molar-refractivity contribution in [2.75, 3.05) is 19.6 Å². The van der Waals surface area contributed by atoms with Crippen LogP contribution in [-0.4, -0.2) is 40.2 Å². The zero-order valence-corrected chi connectivity index (χ0v) is 11.8. The molecule has 0 fully saturated rings. The Morgan fingerprint density at radius 1 is 1.56 bits per heavy atom. The molecule has 1 rings (SSSR count). The van der Waals surface area contributed by atoms with Gasteiger partial charge in [0.2, 0.25) is 0 Å². The molecule has 5 nitrogen and oxygen atoms in total. The minimum absolute atomic E-state index is 0.0581. The van der Waals surface area contributed by atoms with E-state index in [1.807, 2.05) is 18.9 Å². The van der Waals surface area contributed by atoms with Crippen LogP contribution in [0.5, 0.6) is 0 Å². The van der Waals surface area contributed by atoms with E-state index in [9.17, 15) is 4.79 Å². The first-order valence-electron chi connectivity index (χ1n) is 6.45. The van der Waals surface area contributed by atoms with Crippen LogP contribution in [0, 0.1) is 12.8 Å². The van der Waals surface area contributed by atoms with Gasteiger partial charge in [-0.3, -0.25) is 9.48 Å². The smallest absolute Gasteiger partial charge is 0.257 e. The Morgan fingerprint density at radius 3 is 2.67 bits per heavy atom. The summed E-state index contributed by atoms with van der Waals surface area (Å²) in [6, 6.07) is 0. The summed E-state index contributed by atoms with van der Waals surface area (Å²) in [6.45, 7) is 8.21. The summed E-state index contributed by atoms with van der Waals surface area (Å²) in [4.78, 5) is 14.3. The number of carbonyl (C=O) groups excluding carboxylic acids is 1. The van der Waals surface area contributed by atoms with Crippen LogP contribution in [0.15, 0.2) is 6.20 Å². The number of hydrogen-bond donors (Lipinski definition) is 1. The van der Waals surface area contributed by atoms with Crippen molar-refractivity contribution in [2.24, 2.45) is 18.7 Å². The van der Waals surface area contributed by atoms with Gasteiger partial charge in [-0.1, -0.05) is 13.8 Å². The molecular weight excluding hydrogens is 228 g/mol. The highest BCUT2D eigenvalue weighted by molar-refractivity contribution is 5.95. The molecule has 1 heterocycles. The maximum Gasteiger partial charge on any atom is 0.257 e.